The second kappa shape index (κ2) is 5.96. The van der Waals surface area contributed by atoms with E-state index in [4.69, 9.17) is 9.84 Å². The van der Waals surface area contributed by atoms with Crippen LogP contribution in [0.2, 0.25) is 0 Å². The van der Waals surface area contributed by atoms with E-state index in [9.17, 15) is 13.2 Å². The molecule has 0 bridgehead atoms. The van der Waals surface area contributed by atoms with Gasteiger partial charge in [-0.1, -0.05) is 24.3 Å². The number of rotatable bonds is 4. The third kappa shape index (κ3) is 3.74. The van der Waals surface area contributed by atoms with Crippen LogP contribution in [0.5, 0.6) is 5.75 Å². The third-order valence-corrected chi connectivity index (χ3v) is 2.74. The number of hydrogen-bond acceptors (Lipinski definition) is 2. The van der Waals surface area contributed by atoms with Gasteiger partial charge in [0.25, 0.3) is 0 Å². The van der Waals surface area contributed by atoms with E-state index in [1.54, 1.807) is 30.3 Å². The maximum Gasteiger partial charge on any atom is 0.416 e. The number of hydrogen-bond donors (Lipinski definition) is 1. The van der Waals surface area contributed by atoms with Crippen LogP contribution >= 0.6 is 0 Å². The SMILES string of the molecule is OCc1cccc(OCc2cccc(C(F)(F)F)c2)c1. The van der Waals surface area contributed by atoms with Crippen molar-refractivity contribution >= 4 is 0 Å². The molecule has 0 aliphatic carbocycles. The van der Waals surface area contributed by atoms with E-state index >= 15 is 0 Å². The highest BCUT2D eigenvalue weighted by molar-refractivity contribution is 5.29. The predicted octanol–water partition coefficient (Wildman–Crippen LogP) is 3.78. The molecular formula is C15H13F3O2. The molecule has 2 nitrogen and oxygen atoms in total. The number of ether oxygens (including phenoxy) is 1. The minimum absolute atomic E-state index is 0.0405. The molecule has 0 unspecified atom stereocenters. The highest BCUT2D eigenvalue weighted by atomic mass is 19.4. The summed E-state index contributed by atoms with van der Waals surface area (Å²) in [6, 6.07) is 11.8. The Morgan fingerprint density at radius 2 is 1.65 bits per heavy atom. The lowest BCUT2D eigenvalue weighted by Crippen LogP contribution is -2.06. The van der Waals surface area contributed by atoms with E-state index in [2.05, 4.69) is 0 Å². The summed E-state index contributed by atoms with van der Waals surface area (Å²) in [5.74, 6) is 0.508. The fourth-order valence-electron chi connectivity index (χ4n) is 1.74. The normalized spacial score (nSPS) is 11.4. The summed E-state index contributed by atoms with van der Waals surface area (Å²) in [6.45, 7) is -0.0699. The van der Waals surface area contributed by atoms with Crippen molar-refractivity contribution in [1.29, 1.82) is 0 Å². The zero-order valence-corrected chi connectivity index (χ0v) is 10.5. The Morgan fingerprint density at radius 3 is 2.35 bits per heavy atom. The van der Waals surface area contributed by atoms with E-state index in [-0.39, 0.29) is 13.2 Å². The van der Waals surface area contributed by atoms with Gasteiger partial charge < -0.3 is 9.84 Å². The molecule has 0 spiro atoms. The summed E-state index contributed by atoms with van der Waals surface area (Å²) in [4.78, 5) is 0. The van der Waals surface area contributed by atoms with Crippen LogP contribution in [0.1, 0.15) is 16.7 Å². The van der Waals surface area contributed by atoms with Crippen LogP contribution < -0.4 is 4.74 Å². The molecule has 0 atom stereocenters. The van der Waals surface area contributed by atoms with Gasteiger partial charge in [-0.3, -0.25) is 0 Å². The molecule has 2 rings (SSSR count). The minimum Gasteiger partial charge on any atom is -0.489 e. The number of benzene rings is 2. The Labute approximate surface area is 114 Å². The van der Waals surface area contributed by atoms with E-state index in [1.165, 1.54) is 6.07 Å². The minimum atomic E-state index is -4.35. The van der Waals surface area contributed by atoms with Crippen molar-refractivity contribution in [1.82, 2.24) is 0 Å². The van der Waals surface area contributed by atoms with Gasteiger partial charge in [0.1, 0.15) is 12.4 Å². The summed E-state index contributed by atoms with van der Waals surface area (Å²) in [6.07, 6.45) is -4.35. The quantitative estimate of drug-likeness (QED) is 0.924. The molecule has 0 saturated carbocycles. The lowest BCUT2D eigenvalue weighted by atomic mass is 10.1. The maximum atomic E-state index is 12.6. The molecule has 2 aromatic carbocycles. The topological polar surface area (TPSA) is 29.5 Å². The van der Waals surface area contributed by atoms with E-state index < -0.39 is 11.7 Å². The van der Waals surface area contributed by atoms with Crippen LogP contribution in [-0.2, 0) is 19.4 Å². The molecule has 5 heteroatoms. The van der Waals surface area contributed by atoms with Gasteiger partial charge in [-0.05, 0) is 35.4 Å². The lowest BCUT2D eigenvalue weighted by molar-refractivity contribution is -0.137. The molecular weight excluding hydrogens is 269 g/mol. The Kier molecular flexibility index (Phi) is 4.29. The molecule has 2 aromatic rings. The van der Waals surface area contributed by atoms with Gasteiger partial charge in [-0.2, -0.15) is 13.2 Å². The number of halogens is 3. The standard InChI is InChI=1S/C15H13F3O2/c16-15(17,18)13-5-1-4-12(7-13)10-20-14-6-2-3-11(8-14)9-19/h1-8,19H,9-10H2. The van der Waals surface area contributed by atoms with Crippen LogP contribution in [-0.4, -0.2) is 5.11 Å². The smallest absolute Gasteiger partial charge is 0.416 e. The summed E-state index contributed by atoms with van der Waals surface area (Å²) in [7, 11) is 0. The highest BCUT2D eigenvalue weighted by Gasteiger charge is 2.30. The third-order valence-electron chi connectivity index (χ3n) is 2.74. The van der Waals surface area contributed by atoms with Crippen LogP contribution in [0.4, 0.5) is 13.2 Å². The van der Waals surface area contributed by atoms with Gasteiger partial charge in [-0.25, -0.2) is 0 Å². The zero-order valence-electron chi connectivity index (χ0n) is 10.5. The maximum absolute atomic E-state index is 12.6. The van der Waals surface area contributed by atoms with Crippen molar-refractivity contribution in [3.05, 3.63) is 65.2 Å². The van der Waals surface area contributed by atoms with Crippen molar-refractivity contribution in [2.75, 3.05) is 0 Å². The van der Waals surface area contributed by atoms with Crippen LogP contribution in [0.3, 0.4) is 0 Å². The summed E-state index contributed by atoms with van der Waals surface area (Å²) < 4.78 is 43.1. The van der Waals surface area contributed by atoms with Crippen molar-refractivity contribution < 1.29 is 23.0 Å². The Morgan fingerprint density at radius 1 is 0.950 bits per heavy atom. The van der Waals surface area contributed by atoms with Crippen LogP contribution in [0.15, 0.2) is 48.5 Å². The molecule has 0 amide bonds. The number of alkyl halides is 3. The summed E-state index contributed by atoms with van der Waals surface area (Å²) >= 11 is 0. The fraction of sp³-hybridized carbons (Fsp3) is 0.200. The van der Waals surface area contributed by atoms with Crippen molar-refractivity contribution in [3.63, 3.8) is 0 Å². The van der Waals surface area contributed by atoms with Crippen molar-refractivity contribution in [2.45, 2.75) is 19.4 Å². The number of aliphatic hydroxyl groups is 1. The fourth-order valence-corrected chi connectivity index (χ4v) is 1.74. The molecule has 0 aliphatic heterocycles. The molecule has 106 valence electrons. The van der Waals surface area contributed by atoms with Gasteiger partial charge in [0.05, 0.1) is 12.2 Å². The van der Waals surface area contributed by atoms with E-state index in [0.29, 0.717) is 16.9 Å². The molecule has 0 radical (unpaired) electrons. The van der Waals surface area contributed by atoms with E-state index in [0.717, 1.165) is 12.1 Å². The Hall–Kier alpha value is -2.01. The molecule has 0 aromatic heterocycles. The number of aliphatic hydroxyl groups excluding tert-OH is 1. The van der Waals surface area contributed by atoms with Gasteiger partial charge in [0.2, 0.25) is 0 Å². The van der Waals surface area contributed by atoms with Crippen molar-refractivity contribution in [2.24, 2.45) is 0 Å². The first kappa shape index (κ1) is 14.4. The average molecular weight is 282 g/mol. The van der Waals surface area contributed by atoms with Crippen molar-refractivity contribution in [3.8, 4) is 5.75 Å². The molecule has 1 N–H and O–H groups in total. The largest absolute Gasteiger partial charge is 0.489 e. The molecule has 0 heterocycles. The van der Waals surface area contributed by atoms with E-state index in [1.807, 2.05) is 0 Å². The van der Waals surface area contributed by atoms with Gasteiger partial charge in [-0.15, -0.1) is 0 Å². The zero-order chi connectivity index (χ0) is 14.6. The Bertz CT molecular complexity index is 579. The molecule has 20 heavy (non-hydrogen) atoms. The first-order valence-corrected chi connectivity index (χ1v) is 5.98. The van der Waals surface area contributed by atoms with Crippen LogP contribution in [0.25, 0.3) is 0 Å². The van der Waals surface area contributed by atoms with Gasteiger partial charge >= 0.3 is 6.18 Å². The van der Waals surface area contributed by atoms with Gasteiger partial charge in [0, 0.05) is 0 Å². The monoisotopic (exact) mass is 282 g/mol. The molecule has 0 aliphatic rings. The second-order valence-electron chi connectivity index (χ2n) is 4.29. The molecule has 0 saturated heterocycles. The lowest BCUT2D eigenvalue weighted by Gasteiger charge is -2.10. The Balaban J connectivity index is 2.07. The first-order chi connectivity index (χ1) is 9.49. The second-order valence-corrected chi connectivity index (χ2v) is 4.29. The first-order valence-electron chi connectivity index (χ1n) is 5.98. The molecule has 0 fully saturated rings. The summed E-state index contributed by atoms with van der Waals surface area (Å²) in [5.41, 5.74) is 0.434. The van der Waals surface area contributed by atoms with Crippen LogP contribution in [0, 0.1) is 0 Å². The average Bonchev–Trinajstić information content (AvgIpc) is 2.45. The summed E-state index contributed by atoms with van der Waals surface area (Å²) in [5, 5.41) is 8.99. The highest BCUT2D eigenvalue weighted by Crippen LogP contribution is 2.29. The predicted molar refractivity (Wildman–Crippen MR) is 68.1 cm³/mol. The van der Waals surface area contributed by atoms with Gasteiger partial charge in [0.15, 0.2) is 0 Å².